The molecule has 0 aliphatic rings. The molecule has 2 aromatic carbocycles. The van der Waals surface area contributed by atoms with Gasteiger partial charge in [-0.1, -0.05) is 48.0 Å². The lowest BCUT2D eigenvalue weighted by atomic mass is 10.0. The van der Waals surface area contributed by atoms with Crippen LogP contribution in [-0.4, -0.2) is 19.2 Å². The third-order valence-electron chi connectivity index (χ3n) is 4.40. The number of aryl methyl sites for hydroxylation is 1. The maximum absolute atomic E-state index is 12.6. The SMILES string of the molecule is O=C(CCc1cccnc1)Cc1ccc(S(=O)(=O)Cc2ccccc2Cl)cc1. The number of aromatic nitrogens is 1. The van der Waals surface area contributed by atoms with E-state index in [0.717, 1.165) is 11.1 Å². The molecule has 0 amide bonds. The lowest BCUT2D eigenvalue weighted by Gasteiger charge is -2.08. The number of benzene rings is 2. The first kappa shape index (κ1) is 20.2. The van der Waals surface area contributed by atoms with Crippen molar-refractivity contribution in [1.82, 2.24) is 4.98 Å². The van der Waals surface area contributed by atoms with Gasteiger partial charge in [-0.3, -0.25) is 9.78 Å². The summed E-state index contributed by atoms with van der Waals surface area (Å²) < 4.78 is 25.2. The summed E-state index contributed by atoms with van der Waals surface area (Å²) in [6.45, 7) is 0. The highest BCUT2D eigenvalue weighted by molar-refractivity contribution is 7.90. The van der Waals surface area contributed by atoms with E-state index in [0.29, 0.717) is 23.4 Å². The van der Waals surface area contributed by atoms with Gasteiger partial charge in [0, 0.05) is 30.3 Å². The smallest absolute Gasteiger partial charge is 0.182 e. The number of Topliss-reactive ketones (excluding diaryl/α,β-unsaturated/α-hetero) is 1. The third-order valence-corrected chi connectivity index (χ3v) is 6.45. The molecule has 4 nitrogen and oxygen atoms in total. The summed E-state index contributed by atoms with van der Waals surface area (Å²) in [5.74, 6) is -0.0497. The summed E-state index contributed by atoms with van der Waals surface area (Å²) in [6, 6.07) is 17.2. The zero-order chi connectivity index (χ0) is 20.0. The predicted octanol–water partition coefficient (Wildman–Crippen LogP) is 4.45. The second kappa shape index (κ2) is 9.13. The van der Waals surface area contributed by atoms with Gasteiger partial charge >= 0.3 is 0 Å². The summed E-state index contributed by atoms with van der Waals surface area (Å²) in [4.78, 5) is 16.5. The molecular formula is C22H20ClNO3S. The molecule has 3 aromatic rings. The first-order chi connectivity index (χ1) is 13.4. The molecule has 0 radical (unpaired) electrons. The van der Waals surface area contributed by atoms with Crippen LogP contribution in [-0.2, 0) is 33.2 Å². The highest BCUT2D eigenvalue weighted by Crippen LogP contribution is 2.22. The molecule has 0 N–H and O–H groups in total. The van der Waals surface area contributed by atoms with Crippen LogP contribution in [0.3, 0.4) is 0 Å². The van der Waals surface area contributed by atoms with Crippen LogP contribution in [0.1, 0.15) is 23.1 Å². The minimum atomic E-state index is -3.50. The first-order valence-corrected chi connectivity index (χ1v) is 10.9. The van der Waals surface area contributed by atoms with Crippen molar-refractivity contribution in [2.75, 3.05) is 0 Å². The number of hydrogen-bond acceptors (Lipinski definition) is 4. The van der Waals surface area contributed by atoms with Gasteiger partial charge in [0.05, 0.1) is 10.6 Å². The summed E-state index contributed by atoms with van der Waals surface area (Å²) in [5.41, 5.74) is 2.39. The minimum Gasteiger partial charge on any atom is -0.299 e. The largest absolute Gasteiger partial charge is 0.299 e. The molecule has 1 heterocycles. The Morgan fingerprint density at radius 1 is 0.929 bits per heavy atom. The molecule has 144 valence electrons. The molecule has 0 spiro atoms. The van der Waals surface area contributed by atoms with Crippen molar-refractivity contribution in [3.05, 3.63) is 94.8 Å². The van der Waals surface area contributed by atoms with Gasteiger partial charge in [-0.05, 0) is 47.4 Å². The lowest BCUT2D eigenvalue weighted by Crippen LogP contribution is -2.07. The summed E-state index contributed by atoms with van der Waals surface area (Å²) >= 11 is 6.07. The lowest BCUT2D eigenvalue weighted by molar-refractivity contribution is -0.118. The van der Waals surface area contributed by atoms with Crippen molar-refractivity contribution in [3.63, 3.8) is 0 Å². The van der Waals surface area contributed by atoms with Gasteiger partial charge in [0.15, 0.2) is 9.84 Å². The van der Waals surface area contributed by atoms with Crippen molar-refractivity contribution in [3.8, 4) is 0 Å². The van der Waals surface area contributed by atoms with Crippen LogP contribution in [0.5, 0.6) is 0 Å². The molecule has 0 aliphatic heterocycles. The van der Waals surface area contributed by atoms with Crippen molar-refractivity contribution < 1.29 is 13.2 Å². The number of pyridine rings is 1. The molecule has 0 bridgehead atoms. The van der Waals surface area contributed by atoms with Crippen molar-refractivity contribution >= 4 is 27.2 Å². The zero-order valence-electron chi connectivity index (χ0n) is 15.2. The van der Waals surface area contributed by atoms with E-state index < -0.39 is 9.84 Å². The van der Waals surface area contributed by atoms with E-state index >= 15 is 0 Å². The number of rotatable bonds is 8. The van der Waals surface area contributed by atoms with Crippen LogP contribution in [0, 0.1) is 0 Å². The summed E-state index contributed by atoms with van der Waals surface area (Å²) in [7, 11) is -3.50. The number of halogens is 1. The number of carbonyl (C=O) groups excluding carboxylic acids is 1. The minimum absolute atomic E-state index is 0.107. The van der Waals surface area contributed by atoms with Gasteiger partial charge in [-0.25, -0.2) is 8.42 Å². The Hall–Kier alpha value is -2.50. The van der Waals surface area contributed by atoms with Gasteiger partial charge in [-0.15, -0.1) is 0 Å². The average molecular weight is 414 g/mol. The van der Waals surface area contributed by atoms with E-state index in [1.165, 1.54) is 0 Å². The Bertz CT molecular complexity index is 1050. The van der Waals surface area contributed by atoms with Gasteiger partial charge in [0.2, 0.25) is 0 Å². The molecule has 0 saturated heterocycles. The van der Waals surface area contributed by atoms with E-state index in [1.807, 2.05) is 12.1 Å². The predicted molar refractivity (Wildman–Crippen MR) is 110 cm³/mol. The Morgan fingerprint density at radius 3 is 2.36 bits per heavy atom. The monoisotopic (exact) mass is 413 g/mol. The second-order valence-electron chi connectivity index (χ2n) is 6.57. The van der Waals surface area contributed by atoms with E-state index in [1.54, 1.807) is 60.9 Å². The maximum Gasteiger partial charge on any atom is 0.182 e. The molecule has 3 rings (SSSR count). The number of ketones is 1. The van der Waals surface area contributed by atoms with Crippen LogP contribution in [0.2, 0.25) is 5.02 Å². The molecule has 0 aliphatic carbocycles. The van der Waals surface area contributed by atoms with Crippen LogP contribution >= 0.6 is 11.6 Å². The topological polar surface area (TPSA) is 64.1 Å². The van der Waals surface area contributed by atoms with Crippen molar-refractivity contribution in [2.45, 2.75) is 29.9 Å². The summed E-state index contributed by atoms with van der Waals surface area (Å²) in [6.07, 6.45) is 4.82. The molecule has 0 saturated carbocycles. The number of carbonyl (C=O) groups is 1. The molecule has 0 atom stereocenters. The quantitative estimate of drug-likeness (QED) is 0.547. The molecule has 28 heavy (non-hydrogen) atoms. The van der Waals surface area contributed by atoms with Crippen LogP contribution in [0.15, 0.2) is 78.0 Å². The Balaban J connectivity index is 1.61. The van der Waals surface area contributed by atoms with E-state index in [9.17, 15) is 13.2 Å². The normalized spacial score (nSPS) is 11.3. The summed E-state index contributed by atoms with van der Waals surface area (Å²) in [5, 5.41) is 0.432. The first-order valence-electron chi connectivity index (χ1n) is 8.90. The molecule has 1 aromatic heterocycles. The molecular weight excluding hydrogens is 394 g/mol. The van der Waals surface area contributed by atoms with Crippen LogP contribution in [0.25, 0.3) is 0 Å². The zero-order valence-corrected chi connectivity index (χ0v) is 16.8. The Kier molecular flexibility index (Phi) is 6.60. The van der Waals surface area contributed by atoms with E-state index in [2.05, 4.69) is 4.98 Å². The van der Waals surface area contributed by atoms with Gasteiger partial charge in [0.1, 0.15) is 5.78 Å². The Labute approximate surface area is 170 Å². The fourth-order valence-corrected chi connectivity index (χ4v) is 4.52. The molecule has 6 heteroatoms. The van der Waals surface area contributed by atoms with Gasteiger partial charge < -0.3 is 0 Å². The van der Waals surface area contributed by atoms with E-state index in [-0.39, 0.29) is 22.9 Å². The van der Waals surface area contributed by atoms with Gasteiger partial charge in [-0.2, -0.15) is 0 Å². The fraction of sp³-hybridized carbons (Fsp3) is 0.182. The number of sulfone groups is 1. The number of hydrogen-bond donors (Lipinski definition) is 0. The number of nitrogens with zero attached hydrogens (tertiary/aromatic N) is 1. The second-order valence-corrected chi connectivity index (χ2v) is 8.97. The average Bonchev–Trinajstić information content (AvgIpc) is 2.69. The maximum atomic E-state index is 12.6. The van der Waals surface area contributed by atoms with Crippen LogP contribution < -0.4 is 0 Å². The van der Waals surface area contributed by atoms with E-state index in [4.69, 9.17) is 11.6 Å². The van der Waals surface area contributed by atoms with Crippen molar-refractivity contribution in [1.29, 1.82) is 0 Å². The van der Waals surface area contributed by atoms with Crippen molar-refractivity contribution in [2.24, 2.45) is 0 Å². The standard InChI is InChI=1S/C22H20ClNO3S/c23-22-6-2-1-5-19(22)16-28(26,27)21-11-8-17(9-12-21)14-20(25)10-7-18-4-3-13-24-15-18/h1-6,8-9,11-13,15H,7,10,14,16H2. The Morgan fingerprint density at radius 2 is 1.68 bits per heavy atom. The van der Waals surface area contributed by atoms with Crippen LogP contribution in [0.4, 0.5) is 0 Å². The third kappa shape index (κ3) is 5.50. The highest BCUT2D eigenvalue weighted by atomic mass is 35.5. The molecule has 0 unspecified atom stereocenters. The van der Waals surface area contributed by atoms with Gasteiger partial charge in [0.25, 0.3) is 0 Å². The fourth-order valence-electron chi connectivity index (χ4n) is 2.86. The highest BCUT2D eigenvalue weighted by Gasteiger charge is 2.17. The molecule has 0 fully saturated rings.